The summed E-state index contributed by atoms with van der Waals surface area (Å²) in [5.41, 5.74) is 0. The van der Waals surface area contributed by atoms with Gasteiger partial charge in [0, 0.05) is 15.6 Å². The first-order chi connectivity index (χ1) is 10.9. The van der Waals surface area contributed by atoms with Crippen molar-refractivity contribution in [2.24, 2.45) is 0 Å². The Labute approximate surface area is 147 Å². The Morgan fingerprint density at radius 1 is 1.17 bits per heavy atom. The van der Waals surface area contributed by atoms with Crippen LogP contribution in [-0.2, 0) is 14.3 Å². The van der Waals surface area contributed by atoms with Crippen molar-refractivity contribution in [2.75, 3.05) is 13.2 Å². The van der Waals surface area contributed by atoms with Crippen LogP contribution in [0.25, 0.3) is 0 Å². The van der Waals surface area contributed by atoms with E-state index in [2.05, 4.69) is 15.9 Å². The molecule has 0 amide bonds. The van der Waals surface area contributed by atoms with Gasteiger partial charge in [0.1, 0.15) is 13.2 Å². The van der Waals surface area contributed by atoms with Gasteiger partial charge in [0.15, 0.2) is 17.6 Å². The van der Waals surface area contributed by atoms with Gasteiger partial charge in [-0.25, -0.2) is 0 Å². The van der Waals surface area contributed by atoms with Crippen LogP contribution in [0.1, 0.15) is 0 Å². The molecule has 1 aliphatic rings. The molecule has 0 saturated heterocycles. The Bertz CT molecular complexity index is 807. The number of hydrogen-bond donors (Lipinski definition) is 0. The maximum absolute atomic E-state index is 12.1. The minimum Gasteiger partial charge on any atom is -0.486 e. The van der Waals surface area contributed by atoms with Gasteiger partial charge in [-0.05, 0) is 36.4 Å². The molecular formula is C15H12BrClO5S. The largest absolute Gasteiger partial charge is 0.486 e. The van der Waals surface area contributed by atoms with Crippen molar-refractivity contribution in [1.82, 2.24) is 0 Å². The fourth-order valence-corrected chi connectivity index (χ4v) is 3.37. The molecule has 1 unspecified atom stereocenters. The zero-order valence-corrected chi connectivity index (χ0v) is 14.9. The number of fused-ring (bicyclic) bond motifs is 1. The summed E-state index contributed by atoms with van der Waals surface area (Å²) in [6.07, 6.45) is -0.536. The Hall–Kier alpha value is -1.28. The van der Waals surface area contributed by atoms with Gasteiger partial charge in [-0.15, -0.1) is 0 Å². The number of benzene rings is 2. The van der Waals surface area contributed by atoms with Crippen LogP contribution >= 0.6 is 27.5 Å². The highest BCUT2D eigenvalue weighted by atomic mass is 79.9. The van der Waals surface area contributed by atoms with E-state index >= 15 is 0 Å². The summed E-state index contributed by atoms with van der Waals surface area (Å²) in [6, 6.07) is 11.2. The second kappa shape index (κ2) is 6.68. The molecule has 2 aromatic rings. The van der Waals surface area contributed by atoms with E-state index < -0.39 is 16.2 Å². The molecule has 5 nitrogen and oxygen atoms in total. The molecule has 122 valence electrons. The third-order valence-corrected chi connectivity index (χ3v) is 5.20. The molecule has 0 saturated carbocycles. The smallest absolute Gasteiger partial charge is 0.297 e. The molecule has 1 aliphatic heterocycles. The summed E-state index contributed by atoms with van der Waals surface area (Å²) in [4.78, 5) is 0.0841. The SMILES string of the molecule is O=S(=O)(OCC1COc2ccc(Cl)cc2O1)c1ccc(Br)cc1. The zero-order chi connectivity index (χ0) is 16.4. The maximum atomic E-state index is 12.1. The fourth-order valence-electron chi connectivity index (χ4n) is 2.01. The Balaban J connectivity index is 1.66. The second-order valence-electron chi connectivity index (χ2n) is 4.83. The second-order valence-corrected chi connectivity index (χ2v) is 7.80. The average molecular weight is 420 g/mol. The highest BCUT2D eigenvalue weighted by molar-refractivity contribution is 9.10. The quantitative estimate of drug-likeness (QED) is 0.708. The lowest BCUT2D eigenvalue weighted by Crippen LogP contribution is -2.34. The molecule has 0 fully saturated rings. The highest BCUT2D eigenvalue weighted by Crippen LogP contribution is 2.34. The van der Waals surface area contributed by atoms with Crippen LogP contribution in [0.15, 0.2) is 51.8 Å². The Kier molecular flexibility index (Phi) is 4.82. The molecule has 1 heterocycles. The number of halogens is 2. The van der Waals surface area contributed by atoms with Crippen molar-refractivity contribution in [3.8, 4) is 11.5 Å². The van der Waals surface area contributed by atoms with E-state index in [1.165, 1.54) is 12.1 Å². The van der Waals surface area contributed by atoms with Crippen LogP contribution in [-0.4, -0.2) is 27.7 Å². The molecule has 0 spiro atoms. The van der Waals surface area contributed by atoms with E-state index in [9.17, 15) is 8.42 Å². The van der Waals surface area contributed by atoms with Crippen LogP contribution in [0, 0.1) is 0 Å². The molecule has 0 aliphatic carbocycles. The van der Waals surface area contributed by atoms with E-state index in [0.29, 0.717) is 16.5 Å². The molecule has 1 atom stereocenters. The highest BCUT2D eigenvalue weighted by Gasteiger charge is 2.24. The van der Waals surface area contributed by atoms with Gasteiger partial charge in [-0.2, -0.15) is 8.42 Å². The lowest BCUT2D eigenvalue weighted by molar-refractivity contribution is 0.0555. The van der Waals surface area contributed by atoms with Gasteiger partial charge in [-0.1, -0.05) is 27.5 Å². The van der Waals surface area contributed by atoms with E-state index in [1.807, 2.05) is 0 Å². The first-order valence-corrected chi connectivity index (χ1v) is 9.26. The van der Waals surface area contributed by atoms with Crippen LogP contribution in [0.5, 0.6) is 11.5 Å². The van der Waals surface area contributed by atoms with Crippen molar-refractivity contribution in [2.45, 2.75) is 11.0 Å². The number of rotatable bonds is 4. The van der Waals surface area contributed by atoms with Crippen LogP contribution in [0.3, 0.4) is 0 Å². The molecular weight excluding hydrogens is 408 g/mol. The lowest BCUT2D eigenvalue weighted by atomic mass is 10.2. The van der Waals surface area contributed by atoms with Crippen LogP contribution < -0.4 is 9.47 Å². The summed E-state index contributed by atoms with van der Waals surface area (Å²) in [6.45, 7) is 0.0504. The number of hydrogen-bond acceptors (Lipinski definition) is 5. The van der Waals surface area contributed by atoms with Gasteiger partial charge in [-0.3, -0.25) is 4.18 Å². The predicted molar refractivity (Wildman–Crippen MR) is 88.6 cm³/mol. The van der Waals surface area contributed by atoms with Crippen LogP contribution in [0.2, 0.25) is 5.02 Å². The molecule has 3 rings (SSSR count). The van der Waals surface area contributed by atoms with Gasteiger partial charge < -0.3 is 9.47 Å². The van der Waals surface area contributed by atoms with E-state index in [-0.39, 0.29) is 18.1 Å². The van der Waals surface area contributed by atoms with Gasteiger partial charge in [0.25, 0.3) is 10.1 Å². The maximum Gasteiger partial charge on any atom is 0.297 e. The normalized spacial score (nSPS) is 17.0. The van der Waals surface area contributed by atoms with E-state index in [4.69, 9.17) is 25.3 Å². The standard InChI is InChI=1S/C15H12BrClO5S/c16-10-1-4-13(5-2-10)23(18,19)21-9-12-8-20-14-6-3-11(17)7-15(14)22-12/h1-7,12H,8-9H2. The molecule has 8 heteroatoms. The van der Waals surface area contributed by atoms with Crippen molar-refractivity contribution in [1.29, 1.82) is 0 Å². The number of ether oxygens (including phenoxy) is 2. The molecule has 2 aromatic carbocycles. The molecule has 0 bridgehead atoms. The van der Waals surface area contributed by atoms with Crippen LogP contribution in [0.4, 0.5) is 0 Å². The van der Waals surface area contributed by atoms with Crippen molar-refractivity contribution >= 4 is 37.6 Å². The molecule has 0 radical (unpaired) electrons. The summed E-state index contributed by atoms with van der Waals surface area (Å²) in [5, 5.41) is 0.511. The van der Waals surface area contributed by atoms with Crippen molar-refractivity contribution in [3.05, 3.63) is 52.0 Å². The first-order valence-electron chi connectivity index (χ1n) is 6.68. The van der Waals surface area contributed by atoms with Crippen molar-refractivity contribution < 1.29 is 22.1 Å². The van der Waals surface area contributed by atoms with Gasteiger partial charge in [0.2, 0.25) is 0 Å². The average Bonchev–Trinajstić information content (AvgIpc) is 2.53. The summed E-state index contributed by atoms with van der Waals surface area (Å²) in [5.74, 6) is 1.04. The minimum absolute atomic E-state index is 0.0841. The summed E-state index contributed by atoms with van der Waals surface area (Å²) in [7, 11) is -3.84. The Morgan fingerprint density at radius 3 is 2.65 bits per heavy atom. The third kappa shape index (κ3) is 3.98. The lowest BCUT2D eigenvalue weighted by Gasteiger charge is -2.26. The van der Waals surface area contributed by atoms with E-state index in [0.717, 1.165) is 4.47 Å². The van der Waals surface area contributed by atoms with Crippen molar-refractivity contribution in [3.63, 3.8) is 0 Å². The molecule has 23 heavy (non-hydrogen) atoms. The predicted octanol–water partition coefficient (Wildman–Crippen LogP) is 3.65. The zero-order valence-electron chi connectivity index (χ0n) is 11.7. The topological polar surface area (TPSA) is 61.8 Å². The summed E-state index contributed by atoms with van der Waals surface area (Å²) < 4.78 is 41.3. The minimum atomic E-state index is -3.84. The fraction of sp³-hybridized carbons (Fsp3) is 0.200. The van der Waals surface area contributed by atoms with Gasteiger partial charge in [0.05, 0.1) is 4.90 Å². The third-order valence-electron chi connectivity index (χ3n) is 3.14. The Morgan fingerprint density at radius 2 is 1.91 bits per heavy atom. The van der Waals surface area contributed by atoms with Gasteiger partial charge >= 0.3 is 0 Å². The monoisotopic (exact) mass is 418 g/mol. The van der Waals surface area contributed by atoms with E-state index in [1.54, 1.807) is 30.3 Å². The summed E-state index contributed by atoms with van der Waals surface area (Å²) >= 11 is 9.15. The first kappa shape index (κ1) is 16.6. The molecule has 0 aromatic heterocycles. The molecule has 0 N–H and O–H groups in total.